The van der Waals surface area contributed by atoms with E-state index in [4.69, 9.17) is 0 Å². The number of benzene rings is 1. The van der Waals surface area contributed by atoms with E-state index in [1.165, 1.54) is 36.8 Å². The van der Waals surface area contributed by atoms with Crippen molar-refractivity contribution in [2.75, 3.05) is 6.54 Å². The highest BCUT2D eigenvalue weighted by Gasteiger charge is 2.27. The molecule has 0 radical (unpaired) electrons. The molecular weight excluding hydrogens is 246 g/mol. The zero-order valence-corrected chi connectivity index (χ0v) is 12.2. The summed E-state index contributed by atoms with van der Waals surface area (Å²) in [6.07, 6.45) is 7.43. The van der Waals surface area contributed by atoms with Crippen LogP contribution in [0.4, 0.5) is 0 Å². The molecule has 0 unspecified atom stereocenters. The Kier molecular flexibility index (Phi) is 3.88. The second-order valence-electron chi connectivity index (χ2n) is 6.26. The first kappa shape index (κ1) is 13.4. The predicted molar refractivity (Wildman–Crippen MR) is 82.3 cm³/mol. The molecule has 0 atom stereocenters. The van der Waals surface area contributed by atoms with Crippen molar-refractivity contribution in [1.82, 2.24) is 15.5 Å². The number of H-pyrrole nitrogens is 1. The molecule has 0 amide bonds. The van der Waals surface area contributed by atoms with E-state index >= 15 is 0 Å². The molecule has 0 saturated heterocycles. The van der Waals surface area contributed by atoms with Gasteiger partial charge in [0.15, 0.2) is 0 Å². The highest BCUT2D eigenvalue weighted by atomic mass is 15.1. The van der Waals surface area contributed by atoms with Crippen LogP contribution in [0.15, 0.2) is 36.5 Å². The minimum Gasteiger partial charge on any atom is -0.312 e. The third-order valence-electron chi connectivity index (χ3n) is 4.46. The normalized spacial score (nSPS) is 17.4. The van der Waals surface area contributed by atoms with Gasteiger partial charge in [-0.2, -0.15) is 5.10 Å². The van der Waals surface area contributed by atoms with Crippen LogP contribution in [-0.2, 0) is 6.54 Å². The summed E-state index contributed by atoms with van der Waals surface area (Å²) in [4.78, 5) is 0. The first-order valence-corrected chi connectivity index (χ1v) is 7.55. The summed E-state index contributed by atoms with van der Waals surface area (Å²) in [6, 6.07) is 10.4. The maximum Gasteiger partial charge on any atom is 0.0695 e. The number of hydrogen-bond acceptors (Lipinski definition) is 2. The fourth-order valence-electron chi connectivity index (χ4n) is 3.20. The first-order chi connectivity index (χ1) is 9.77. The summed E-state index contributed by atoms with van der Waals surface area (Å²) in [7, 11) is 0. The van der Waals surface area contributed by atoms with Crippen LogP contribution in [0.5, 0.6) is 0 Å². The van der Waals surface area contributed by atoms with Gasteiger partial charge in [0.2, 0.25) is 0 Å². The number of aromatic nitrogens is 2. The van der Waals surface area contributed by atoms with E-state index < -0.39 is 0 Å². The van der Waals surface area contributed by atoms with Gasteiger partial charge in [0, 0.05) is 18.7 Å². The van der Waals surface area contributed by atoms with E-state index in [2.05, 4.69) is 46.7 Å². The van der Waals surface area contributed by atoms with E-state index in [9.17, 15) is 0 Å². The van der Waals surface area contributed by atoms with Gasteiger partial charge in [0.05, 0.1) is 11.9 Å². The van der Waals surface area contributed by atoms with Crippen molar-refractivity contribution >= 4 is 0 Å². The Morgan fingerprint density at radius 2 is 1.95 bits per heavy atom. The Bertz CT molecular complexity index is 538. The van der Waals surface area contributed by atoms with Gasteiger partial charge in [-0.1, -0.05) is 50.1 Å². The topological polar surface area (TPSA) is 40.7 Å². The van der Waals surface area contributed by atoms with Crippen LogP contribution in [0.3, 0.4) is 0 Å². The molecule has 20 heavy (non-hydrogen) atoms. The van der Waals surface area contributed by atoms with Gasteiger partial charge in [0.1, 0.15) is 0 Å². The monoisotopic (exact) mass is 269 g/mol. The summed E-state index contributed by atoms with van der Waals surface area (Å²) in [5, 5.41) is 10.9. The van der Waals surface area contributed by atoms with Crippen LogP contribution >= 0.6 is 0 Å². The van der Waals surface area contributed by atoms with Gasteiger partial charge in [-0.3, -0.25) is 5.10 Å². The van der Waals surface area contributed by atoms with Crippen LogP contribution in [0, 0.1) is 5.41 Å². The van der Waals surface area contributed by atoms with E-state index in [1.807, 2.05) is 12.3 Å². The van der Waals surface area contributed by atoms with Gasteiger partial charge in [-0.05, 0) is 23.8 Å². The first-order valence-electron chi connectivity index (χ1n) is 7.55. The van der Waals surface area contributed by atoms with Crippen molar-refractivity contribution < 1.29 is 0 Å². The van der Waals surface area contributed by atoms with E-state index in [-0.39, 0.29) is 0 Å². The second kappa shape index (κ2) is 5.80. The van der Waals surface area contributed by atoms with Crippen LogP contribution in [0.2, 0.25) is 0 Å². The predicted octanol–water partition coefficient (Wildman–Crippen LogP) is 3.75. The van der Waals surface area contributed by atoms with Crippen molar-refractivity contribution in [3.63, 3.8) is 0 Å². The fraction of sp³-hybridized carbons (Fsp3) is 0.471. The molecule has 106 valence electrons. The van der Waals surface area contributed by atoms with Gasteiger partial charge in [0.25, 0.3) is 0 Å². The fourth-order valence-corrected chi connectivity index (χ4v) is 3.20. The lowest BCUT2D eigenvalue weighted by Crippen LogP contribution is -2.29. The molecule has 1 aliphatic carbocycles. The lowest BCUT2D eigenvalue weighted by Gasteiger charge is -2.23. The molecule has 0 bridgehead atoms. The molecule has 2 N–H and O–H groups in total. The Balaban J connectivity index is 1.63. The lowest BCUT2D eigenvalue weighted by molar-refractivity contribution is 0.315. The molecule has 1 aromatic heterocycles. The smallest absolute Gasteiger partial charge is 0.0695 e. The van der Waals surface area contributed by atoms with Gasteiger partial charge in [-0.15, -0.1) is 0 Å². The van der Waals surface area contributed by atoms with Crippen LogP contribution in [0.1, 0.15) is 38.2 Å². The molecule has 2 aromatic rings. The maximum absolute atomic E-state index is 4.20. The summed E-state index contributed by atoms with van der Waals surface area (Å²) >= 11 is 0. The molecule has 0 aliphatic heterocycles. The molecule has 1 aromatic carbocycles. The number of nitrogens with one attached hydrogen (secondary N) is 2. The Hall–Kier alpha value is -1.61. The standard InChI is InChI=1S/C17H23N3/c1-17(9-5-6-10-17)13-18-11-15-12-19-20-16(15)14-7-3-2-4-8-14/h2-4,7-8,12,18H,5-6,9-11,13H2,1H3,(H,19,20). The summed E-state index contributed by atoms with van der Waals surface area (Å²) < 4.78 is 0. The highest BCUT2D eigenvalue weighted by molar-refractivity contribution is 5.62. The minimum atomic E-state index is 0.497. The van der Waals surface area contributed by atoms with Crippen molar-refractivity contribution in [1.29, 1.82) is 0 Å². The van der Waals surface area contributed by atoms with Gasteiger partial charge < -0.3 is 5.32 Å². The van der Waals surface area contributed by atoms with E-state index in [1.54, 1.807) is 0 Å². The largest absolute Gasteiger partial charge is 0.312 e. The maximum atomic E-state index is 4.20. The van der Waals surface area contributed by atoms with E-state index in [0.717, 1.165) is 18.8 Å². The number of nitrogens with zero attached hydrogens (tertiary/aromatic N) is 1. The van der Waals surface area contributed by atoms with Crippen molar-refractivity contribution in [2.24, 2.45) is 5.41 Å². The number of rotatable bonds is 5. The molecule has 3 rings (SSSR count). The highest BCUT2D eigenvalue weighted by Crippen LogP contribution is 2.36. The Labute approximate surface area is 120 Å². The third kappa shape index (κ3) is 2.93. The Morgan fingerprint density at radius 3 is 2.70 bits per heavy atom. The molecule has 1 aliphatic rings. The second-order valence-corrected chi connectivity index (χ2v) is 6.26. The van der Waals surface area contributed by atoms with Crippen LogP contribution in [0.25, 0.3) is 11.3 Å². The van der Waals surface area contributed by atoms with Crippen molar-refractivity contribution in [3.8, 4) is 11.3 Å². The zero-order valence-electron chi connectivity index (χ0n) is 12.2. The molecule has 3 heteroatoms. The molecule has 1 saturated carbocycles. The molecule has 1 heterocycles. The van der Waals surface area contributed by atoms with Crippen LogP contribution < -0.4 is 5.32 Å². The van der Waals surface area contributed by atoms with Crippen molar-refractivity contribution in [3.05, 3.63) is 42.1 Å². The average Bonchev–Trinajstić information content (AvgIpc) is 3.10. The molecular formula is C17H23N3. The third-order valence-corrected chi connectivity index (χ3v) is 4.46. The van der Waals surface area contributed by atoms with Crippen molar-refractivity contribution in [2.45, 2.75) is 39.2 Å². The van der Waals surface area contributed by atoms with Gasteiger partial charge in [-0.25, -0.2) is 0 Å². The quantitative estimate of drug-likeness (QED) is 0.868. The summed E-state index contributed by atoms with van der Waals surface area (Å²) in [6.45, 7) is 4.39. The average molecular weight is 269 g/mol. The SMILES string of the molecule is CC1(CNCc2cn[nH]c2-c2ccccc2)CCCC1. The lowest BCUT2D eigenvalue weighted by atomic mass is 9.89. The minimum absolute atomic E-state index is 0.497. The molecule has 3 nitrogen and oxygen atoms in total. The molecule has 1 fully saturated rings. The Morgan fingerprint density at radius 1 is 1.20 bits per heavy atom. The summed E-state index contributed by atoms with van der Waals surface area (Å²) in [5.74, 6) is 0. The number of hydrogen-bond donors (Lipinski definition) is 2. The number of aromatic amines is 1. The summed E-state index contributed by atoms with van der Waals surface area (Å²) in [5.41, 5.74) is 4.08. The molecule has 0 spiro atoms. The van der Waals surface area contributed by atoms with Gasteiger partial charge >= 0.3 is 0 Å². The van der Waals surface area contributed by atoms with Crippen LogP contribution in [-0.4, -0.2) is 16.7 Å². The van der Waals surface area contributed by atoms with E-state index in [0.29, 0.717) is 5.41 Å². The zero-order chi connectivity index (χ0) is 13.8.